The summed E-state index contributed by atoms with van der Waals surface area (Å²) in [6, 6.07) is 9.20. The highest BCUT2D eigenvalue weighted by Crippen LogP contribution is 2.36. The van der Waals surface area contributed by atoms with Gasteiger partial charge < -0.3 is 9.84 Å². The minimum atomic E-state index is -1.56. The van der Waals surface area contributed by atoms with Crippen LogP contribution in [-0.4, -0.2) is 17.0 Å². The molecule has 0 aromatic heterocycles. The summed E-state index contributed by atoms with van der Waals surface area (Å²) in [6.45, 7) is 7.25. The first kappa shape index (κ1) is 17.0. The highest BCUT2D eigenvalue weighted by atomic mass is 16.5. The van der Waals surface area contributed by atoms with Crippen molar-refractivity contribution in [3.63, 3.8) is 0 Å². The van der Waals surface area contributed by atoms with E-state index in [2.05, 4.69) is 6.58 Å². The Hall–Kier alpha value is -2.10. The molecule has 4 nitrogen and oxygen atoms in total. The molecule has 4 heteroatoms. The van der Waals surface area contributed by atoms with Crippen molar-refractivity contribution < 1.29 is 19.4 Å². The van der Waals surface area contributed by atoms with Crippen molar-refractivity contribution in [3.05, 3.63) is 48.6 Å². The lowest BCUT2D eigenvalue weighted by atomic mass is 9.72. The van der Waals surface area contributed by atoms with Gasteiger partial charge in [-0.05, 0) is 17.9 Å². The third kappa shape index (κ3) is 3.72. The Labute approximate surface area is 125 Å². The van der Waals surface area contributed by atoms with Crippen molar-refractivity contribution >= 4 is 11.9 Å². The molecule has 1 N–H and O–H groups in total. The van der Waals surface area contributed by atoms with Crippen molar-refractivity contribution in [1.82, 2.24) is 0 Å². The fourth-order valence-electron chi connectivity index (χ4n) is 2.30. The monoisotopic (exact) mass is 290 g/mol. The molecule has 114 valence electrons. The average molecular weight is 290 g/mol. The number of benzene rings is 1. The van der Waals surface area contributed by atoms with Gasteiger partial charge in [-0.3, -0.25) is 9.59 Å². The Kier molecular flexibility index (Phi) is 6.15. The summed E-state index contributed by atoms with van der Waals surface area (Å²) in [7, 11) is 0. The van der Waals surface area contributed by atoms with Gasteiger partial charge in [0, 0.05) is 0 Å². The van der Waals surface area contributed by atoms with Gasteiger partial charge in [0.25, 0.3) is 0 Å². The number of carbonyl (C=O) groups is 2. The standard InChI is InChI=1S/C17H22O4/c1-4-11-17(15(18)19,13(3)5-2)16(20)21-12-14-9-7-6-8-10-14/h4,6-10,13H,1,5,11-12H2,2-3H3,(H,18,19)/t13-,17-/m0/s1. The van der Waals surface area contributed by atoms with Gasteiger partial charge in [0.15, 0.2) is 5.41 Å². The molecule has 0 saturated carbocycles. The zero-order valence-electron chi connectivity index (χ0n) is 12.5. The van der Waals surface area contributed by atoms with Gasteiger partial charge in [0.05, 0.1) is 0 Å². The number of allylic oxidation sites excluding steroid dienone is 1. The molecular weight excluding hydrogens is 268 g/mol. The maximum absolute atomic E-state index is 12.4. The summed E-state index contributed by atoms with van der Waals surface area (Å²) in [5, 5.41) is 9.58. The molecule has 2 atom stereocenters. The second-order valence-corrected chi connectivity index (χ2v) is 5.14. The lowest BCUT2D eigenvalue weighted by molar-refractivity contribution is -0.174. The first-order chi connectivity index (χ1) is 9.98. The summed E-state index contributed by atoms with van der Waals surface area (Å²) in [6.07, 6.45) is 2.09. The van der Waals surface area contributed by atoms with Crippen molar-refractivity contribution in [2.24, 2.45) is 11.3 Å². The first-order valence-corrected chi connectivity index (χ1v) is 7.04. The Balaban J connectivity index is 2.94. The first-order valence-electron chi connectivity index (χ1n) is 7.04. The summed E-state index contributed by atoms with van der Waals surface area (Å²) < 4.78 is 5.26. The quantitative estimate of drug-likeness (QED) is 0.452. The highest BCUT2D eigenvalue weighted by Gasteiger charge is 2.50. The third-order valence-electron chi connectivity index (χ3n) is 3.88. The van der Waals surface area contributed by atoms with E-state index in [9.17, 15) is 14.7 Å². The minimum absolute atomic E-state index is 0.0605. The smallest absolute Gasteiger partial charge is 0.324 e. The lowest BCUT2D eigenvalue weighted by Crippen LogP contribution is -2.45. The fourth-order valence-corrected chi connectivity index (χ4v) is 2.30. The summed E-state index contributed by atoms with van der Waals surface area (Å²) in [5.74, 6) is -2.20. The van der Waals surface area contributed by atoms with Crippen LogP contribution in [-0.2, 0) is 20.9 Å². The number of ether oxygens (including phenoxy) is 1. The minimum Gasteiger partial charge on any atom is -0.480 e. The Bertz CT molecular complexity index is 495. The molecule has 0 heterocycles. The summed E-state index contributed by atoms with van der Waals surface area (Å²) >= 11 is 0. The van der Waals surface area contributed by atoms with E-state index in [4.69, 9.17) is 4.74 Å². The van der Waals surface area contributed by atoms with E-state index in [-0.39, 0.29) is 18.9 Å². The van der Waals surface area contributed by atoms with Crippen LogP contribution in [0.25, 0.3) is 0 Å². The van der Waals surface area contributed by atoms with E-state index in [1.54, 1.807) is 6.92 Å². The normalized spacial score (nSPS) is 14.8. The Morgan fingerprint density at radius 3 is 2.48 bits per heavy atom. The molecule has 1 rings (SSSR count). The van der Waals surface area contributed by atoms with Crippen molar-refractivity contribution in [2.45, 2.75) is 33.3 Å². The number of aliphatic carboxylic acids is 1. The SMILES string of the molecule is C=CC[C@](C(=O)O)(C(=O)OCc1ccccc1)[C@@H](C)CC. The average Bonchev–Trinajstić information content (AvgIpc) is 2.50. The molecule has 0 aliphatic carbocycles. The van der Waals surface area contributed by atoms with Crippen molar-refractivity contribution in [2.75, 3.05) is 0 Å². The number of carbonyl (C=O) groups excluding carboxylic acids is 1. The highest BCUT2D eigenvalue weighted by molar-refractivity contribution is 5.99. The lowest BCUT2D eigenvalue weighted by Gasteiger charge is -2.31. The van der Waals surface area contributed by atoms with Gasteiger partial charge in [-0.25, -0.2) is 0 Å². The van der Waals surface area contributed by atoms with Gasteiger partial charge in [-0.15, -0.1) is 6.58 Å². The molecule has 1 aromatic rings. The molecule has 0 bridgehead atoms. The van der Waals surface area contributed by atoms with E-state index in [0.717, 1.165) is 5.56 Å². The molecule has 1 aromatic carbocycles. The van der Waals surface area contributed by atoms with Crippen molar-refractivity contribution in [3.8, 4) is 0 Å². The third-order valence-corrected chi connectivity index (χ3v) is 3.88. The van der Waals surface area contributed by atoms with E-state index in [1.807, 2.05) is 37.3 Å². The van der Waals surface area contributed by atoms with Crippen LogP contribution >= 0.6 is 0 Å². The maximum Gasteiger partial charge on any atom is 0.324 e. The maximum atomic E-state index is 12.4. The van der Waals surface area contributed by atoms with E-state index >= 15 is 0 Å². The van der Waals surface area contributed by atoms with Crippen LogP contribution in [0.2, 0.25) is 0 Å². The molecule has 0 spiro atoms. The zero-order chi connectivity index (χ0) is 15.9. The number of esters is 1. The molecule has 0 amide bonds. The number of carboxylic acids is 1. The fraction of sp³-hybridized carbons (Fsp3) is 0.412. The second kappa shape index (κ2) is 7.62. The number of carboxylic acid groups (broad SMARTS) is 1. The van der Waals surface area contributed by atoms with Crippen LogP contribution in [0, 0.1) is 11.3 Å². The summed E-state index contributed by atoms with van der Waals surface area (Å²) in [4.78, 5) is 24.1. The predicted molar refractivity (Wildman–Crippen MR) is 80.6 cm³/mol. The van der Waals surface area contributed by atoms with Crippen LogP contribution in [0.3, 0.4) is 0 Å². The van der Waals surface area contributed by atoms with Crippen LogP contribution in [0.1, 0.15) is 32.3 Å². The van der Waals surface area contributed by atoms with E-state index in [0.29, 0.717) is 6.42 Å². The largest absolute Gasteiger partial charge is 0.480 e. The number of rotatable bonds is 8. The zero-order valence-corrected chi connectivity index (χ0v) is 12.5. The Morgan fingerprint density at radius 1 is 1.38 bits per heavy atom. The number of hydrogen-bond acceptors (Lipinski definition) is 3. The Morgan fingerprint density at radius 2 is 2.00 bits per heavy atom. The van der Waals surface area contributed by atoms with Gasteiger partial charge in [-0.2, -0.15) is 0 Å². The van der Waals surface area contributed by atoms with Gasteiger partial charge in [0.2, 0.25) is 0 Å². The van der Waals surface area contributed by atoms with Crippen LogP contribution in [0.5, 0.6) is 0 Å². The summed E-state index contributed by atoms with van der Waals surface area (Å²) in [5.41, 5.74) is -0.737. The molecule has 0 fully saturated rings. The van der Waals surface area contributed by atoms with E-state index < -0.39 is 17.4 Å². The van der Waals surface area contributed by atoms with Crippen LogP contribution in [0.4, 0.5) is 0 Å². The molecule has 0 aliphatic heterocycles. The van der Waals surface area contributed by atoms with Crippen LogP contribution in [0.15, 0.2) is 43.0 Å². The molecule has 0 radical (unpaired) electrons. The number of hydrogen-bond donors (Lipinski definition) is 1. The molecular formula is C17H22O4. The molecule has 0 saturated heterocycles. The van der Waals surface area contributed by atoms with E-state index in [1.165, 1.54) is 6.08 Å². The molecule has 0 unspecified atom stereocenters. The van der Waals surface area contributed by atoms with Gasteiger partial charge in [-0.1, -0.05) is 56.7 Å². The topological polar surface area (TPSA) is 63.6 Å². The van der Waals surface area contributed by atoms with Gasteiger partial charge >= 0.3 is 11.9 Å². The van der Waals surface area contributed by atoms with Gasteiger partial charge in [0.1, 0.15) is 6.61 Å². The molecule has 0 aliphatic rings. The van der Waals surface area contributed by atoms with Crippen LogP contribution < -0.4 is 0 Å². The van der Waals surface area contributed by atoms with Crippen molar-refractivity contribution in [1.29, 1.82) is 0 Å². The predicted octanol–water partition coefficient (Wildman–Crippen LogP) is 3.42. The molecule has 21 heavy (non-hydrogen) atoms. The second-order valence-electron chi connectivity index (χ2n) is 5.14.